The highest BCUT2D eigenvalue weighted by Gasteiger charge is 2.05. The fourth-order valence-electron chi connectivity index (χ4n) is 1.48. The summed E-state index contributed by atoms with van der Waals surface area (Å²) in [6.45, 7) is 1.93. The fraction of sp³-hybridized carbons (Fsp3) is 0.100. The van der Waals surface area contributed by atoms with E-state index in [0.29, 0.717) is 5.56 Å². The van der Waals surface area contributed by atoms with Gasteiger partial charge in [-0.15, -0.1) is 0 Å². The lowest BCUT2D eigenvalue weighted by molar-refractivity contribution is 0.112. The van der Waals surface area contributed by atoms with E-state index in [-0.39, 0.29) is 0 Å². The van der Waals surface area contributed by atoms with Crippen molar-refractivity contribution in [1.29, 1.82) is 0 Å². The number of H-pyrrole nitrogens is 1. The Morgan fingerprint density at radius 3 is 2.92 bits per heavy atom. The number of aromatic amines is 1. The lowest BCUT2D eigenvalue weighted by Crippen LogP contribution is -1.89. The van der Waals surface area contributed by atoms with E-state index < -0.39 is 0 Å². The van der Waals surface area contributed by atoms with Crippen molar-refractivity contribution < 1.29 is 4.79 Å². The number of carbonyl (C=O) groups excluding carboxylic acids is 1. The summed E-state index contributed by atoms with van der Waals surface area (Å²) in [4.78, 5) is 13.7. The third-order valence-electron chi connectivity index (χ3n) is 2.32. The van der Waals surface area contributed by atoms with Gasteiger partial charge in [-0.2, -0.15) is 0 Å². The van der Waals surface area contributed by atoms with Gasteiger partial charge in [0.05, 0.1) is 5.52 Å². The Kier molecular flexibility index (Phi) is 1.59. The number of anilines is 1. The quantitative estimate of drug-likeness (QED) is 0.512. The minimum absolute atomic E-state index is 0.679. The smallest absolute Gasteiger partial charge is 0.152 e. The van der Waals surface area contributed by atoms with Crippen molar-refractivity contribution >= 4 is 22.9 Å². The number of nitrogens with one attached hydrogen (secondary N) is 1. The largest absolute Gasteiger partial charge is 0.398 e. The Labute approximate surface area is 75.6 Å². The van der Waals surface area contributed by atoms with Gasteiger partial charge in [0.2, 0.25) is 0 Å². The van der Waals surface area contributed by atoms with Crippen LogP contribution in [-0.2, 0) is 0 Å². The molecule has 66 valence electrons. The maximum Gasteiger partial charge on any atom is 0.152 e. The van der Waals surface area contributed by atoms with Gasteiger partial charge in [0.25, 0.3) is 0 Å². The Balaban J connectivity index is 2.88. The fourth-order valence-corrected chi connectivity index (χ4v) is 1.48. The van der Waals surface area contributed by atoms with Crippen molar-refractivity contribution in [2.75, 3.05) is 5.73 Å². The first-order valence-corrected chi connectivity index (χ1v) is 4.05. The van der Waals surface area contributed by atoms with Crippen LogP contribution in [0.1, 0.15) is 15.9 Å². The molecule has 0 spiro atoms. The molecule has 0 saturated carbocycles. The van der Waals surface area contributed by atoms with Crippen molar-refractivity contribution in [1.82, 2.24) is 4.98 Å². The van der Waals surface area contributed by atoms with Crippen LogP contribution in [0.3, 0.4) is 0 Å². The second-order valence-electron chi connectivity index (χ2n) is 3.06. The number of hydrogen-bond acceptors (Lipinski definition) is 2. The SMILES string of the molecule is Cc1c(N)ccc2c(C=O)c[nH]c12. The second-order valence-corrected chi connectivity index (χ2v) is 3.06. The molecule has 2 aromatic rings. The number of rotatable bonds is 1. The van der Waals surface area contributed by atoms with Gasteiger partial charge in [-0.3, -0.25) is 4.79 Å². The molecule has 0 aliphatic rings. The standard InChI is InChI=1S/C10H10N2O/c1-6-9(11)3-2-8-7(5-13)4-12-10(6)8/h2-5,12H,11H2,1H3. The summed E-state index contributed by atoms with van der Waals surface area (Å²) >= 11 is 0. The normalized spacial score (nSPS) is 10.5. The molecule has 1 aromatic heterocycles. The Bertz CT molecular complexity index is 471. The minimum Gasteiger partial charge on any atom is -0.398 e. The number of benzene rings is 1. The highest BCUT2D eigenvalue weighted by Crippen LogP contribution is 2.24. The van der Waals surface area contributed by atoms with Gasteiger partial charge in [-0.05, 0) is 18.6 Å². The van der Waals surface area contributed by atoms with E-state index in [9.17, 15) is 4.79 Å². The lowest BCUT2D eigenvalue weighted by atomic mass is 10.1. The third-order valence-corrected chi connectivity index (χ3v) is 2.32. The maximum absolute atomic E-state index is 10.6. The molecular formula is C10H10N2O. The lowest BCUT2D eigenvalue weighted by Gasteiger charge is -2.00. The van der Waals surface area contributed by atoms with Gasteiger partial charge in [0, 0.05) is 22.8 Å². The van der Waals surface area contributed by atoms with Crippen LogP contribution in [0.4, 0.5) is 5.69 Å². The van der Waals surface area contributed by atoms with E-state index >= 15 is 0 Å². The number of nitrogens with two attached hydrogens (primary N) is 1. The van der Waals surface area contributed by atoms with Crippen LogP contribution in [0.25, 0.3) is 10.9 Å². The average molecular weight is 174 g/mol. The molecule has 0 aliphatic carbocycles. The Morgan fingerprint density at radius 1 is 1.46 bits per heavy atom. The van der Waals surface area contributed by atoms with Crippen LogP contribution in [0.15, 0.2) is 18.3 Å². The van der Waals surface area contributed by atoms with Gasteiger partial charge >= 0.3 is 0 Å². The molecule has 0 amide bonds. The summed E-state index contributed by atoms with van der Waals surface area (Å²) in [6, 6.07) is 3.68. The topological polar surface area (TPSA) is 58.9 Å². The summed E-state index contributed by atoms with van der Waals surface area (Å²) in [5.74, 6) is 0. The highest BCUT2D eigenvalue weighted by molar-refractivity contribution is 5.99. The van der Waals surface area contributed by atoms with Crippen LogP contribution in [-0.4, -0.2) is 11.3 Å². The minimum atomic E-state index is 0.679. The molecule has 0 saturated heterocycles. The summed E-state index contributed by atoms with van der Waals surface area (Å²) in [5, 5.41) is 0.932. The average Bonchev–Trinajstić information content (AvgIpc) is 2.55. The molecule has 3 heteroatoms. The number of fused-ring (bicyclic) bond motifs is 1. The molecule has 0 radical (unpaired) electrons. The van der Waals surface area contributed by atoms with Crippen molar-refractivity contribution in [2.45, 2.75) is 6.92 Å². The molecule has 13 heavy (non-hydrogen) atoms. The first-order chi connectivity index (χ1) is 6.24. The molecular weight excluding hydrogens is 164 g/mol. The molecule has 1 heterocycles. The molecule has 0 bridgehead atoms. The summed E-state index contributed by atoms with van der Waals surface area (Å²) < 4.78 is 0. The summed E-state index contributed by atoms with van der Waals surface area (Å²) in [6.07, 6.45) is 2.54. The number of hydrogen-bond donors (Lipinski definition) is 2. The predicted octanol–water partition coefficient (Wildman–Crippen LogP) is 1.87. The number of aromatic nitrogens is 1. The Hall–Kier alpha value is -1.77. The van der Waals surface area contributed by atoms with Gasteiger partial charge in [-0.25, -0.2) is 0 Å². The molecule has 0 fully saturated rings. The first kappa shape index (κ1) is 7.86. The molecule has 0 unspecified atom stereocenters. The van der Waals surface area contributed by atoms with Gasteiger partial charge in [-0.1, -0.05) is 6.07 Å². The highest BCUT2D eigenvalue weighted by atomic mass is 16.1. The number of nitrogen functional groups attached to an aromatic ring is 1. The number of aryl methyl sites for hydroxylation is 1. The van der Waals surface area contributed by atoms with Gasteiger partial charge in [0.1, 0.15) is 0 Å². The van der Waals surface area contributed by atoms with Gasteiger partial charge < -0.3 is 10.7 Å². The van der Waals surface area contributed by atoms with E-state index in [0.717, 1.165) is 28.4 Å². The predicted molar refractivity (Wildman–Crippen MR) is 52.8 cm³/mol. The summed E-state index contributed by atoms with van der Waals surface area (Å²) in [7, 11) is 0. The molecule has 0 atom stereocenters. The van der Waals surface area contributed by atoms with Gasteiger partial charge in [0.15, 0.2) is 6.29 Å². The molecule has 3 nitrogen and oxygen atoms in total. The molecule has 1 aromatic carbocycles. The van der Waals surface area contributed by atoms with Crippen LogP contribution >= 0.6 is 0 Å². The molecule has 2 rings (SSSR count). The van der Waals surface area contributed by atoms with E-state index in [2.05, 4.69) is 4.98 Å². The molecule has 0 aliphatic heterocycles. The third kappa shape index (κ3) is 1.01. The van der Waals surface area contributed by atoms with E-state index in [1.54, 1.807) is 6.20 Å². The van der Waals surface area contributed by atoms with Crippen LogP contribution in [0.2, 0.25) is 0 Å². The number of carbonyl (C=O) groups is 1. The van der Waals surface area contributed by atoms with Crippen molar-refractivity contribution in [3.8, 4) is 0 Å². The van der Waals surface area contributed by atoms with Crippen LogP contribution in [0, 0.1) is 6.92 Å². The first-order valence-electron chi connectivity index (χ1n) is 4.05. The van der Waals surface area contributed by atoms with E-state index in [1.165, 1.54) is 0 Å². The second kappa shape index (κ2) is 2.62. The van der Waals surface area contributed by atoms with Crippen molar-refractivity contribution in [3.05, 3.63) is 29.5 Å². The van der Waals surface area contributed by atoms with Crippen LogP contribution < -0.4 is 5.73 Å². The van der Waals surface area contributed by atoms with E-state index in [4.69, 9.17) is 5.73 Å². The zero-order valence-corrected chi connectivity index (χ0v) is 7.29. The number of aldehydes is 1. The Morgan fingerprint density at radius 2 is 2.23 bits per heavy atom. The van der Waals surface area contributed by atoms with Crippen LogP contribution in [0.5, 0.6) is 0 Å². The monoisotopic (exact) mass is 174 g/mol. The van der Waals surface area contributed by atoms with Crippen molar-refractivity contribution in [2.24, 2.45) is 0 Å². The summed E-state index contributed by atoms with van der Waals surface area (Å²) in [5.41, 5.74) is 9.09. The van der Waals surface area contributed by atoms with Crippen molar-refractivity contribution in [3.63, 3.8) is 0 Å². The zero-order valence-electron chi connectivity index (χ0n) is 7.29. The maximum atomic E-state index is 10.6. The molecule has 3 N–H and O–H groups in total. The van der Waals surface area contributed by atoms with E-state index in [1.807, 2.05) is 19.1 Å². The zero-order chi connectivity index (χ0) is 9.42.